The molecule has 0 unspecified atom stereocenters. The largest absolute Gasteiger partial charge is 0.454 e. The van der Waals surface area contributed by atoms with Crippen LogP contribution in [0.2, 0.25) is 0 Å². The van der Waals surface area contributed by atoms with E-state index in [-0.39, 0.29) is 12.7 Å². The van der Waals surface area contributed by atoms with Crippen molar-refractivity contribution in [2.75, 3.05) is 12.1 Å². The molecule has 2 aliphatic heterocycles. The van der Waals surface area contributed by atoms with Crippen molar-refractivity contribution in [3.05, 3.63) is 53.1 Å². The summed E-state index contributed by atoms with van der Waals surface area (Å²) in [6.45, 7) is 1.89. The number of hydrogen-bond acceptors (Lipinski definition) is 4. The van der Waals surface area contributed by atoms with Crippen LogP contribution in [0.4, 0.5) is 5.69 Å². The molecule has 106 valence electrons. The van der Waals surface area contributed by atoms with Gasteiger partial charge >= 0.3 is 0 Å². The molecule has 5 nitrogen and oxygen atoms in total. The minimum absolute atomic E-state index is 0.157. The maximum Gasteiger partial charge on any atom is 0.259 e. The zero-order valence-electron chi connectivity index (χ0n) is 11.3. The number of benzene rings is 2. The average molecular weight is 282 g/mol. The highest BCUT2D eigenvalue weighted by Crippen LogP contribution is 2.35. The van der Waals surface area contributed by atoms with Gasteiger partial charge in [0.25, 0.3) is 5.91 Å². The zero-order chi connectivity index (χ0) is 14.2. The van der Waals surface area contributed by atoms with Gasteiger partial charge in [-0.15, -0.1) is 0 Å². The van der Waals surface area contributed by atoms with Crippen molar-refractivity contribution in [3.8, 4) is 11.5 Å². The molecule has 0 fully saturated rings. The first-order chi connectivity index (χ1) is 10.3. The first kappa shape index (κ1) is 12.2. The van der Waals surface area contributed by atoms with Crippen LogP contribution in [0.25, 0.3) is 0 Å². The minimum Gasteiger partial charge on any atom is -0.454 e. The van der Waals surface area contributed by atoms with E-state index in [1.54, 1.807) is 18.2 Å². The highest BCUT2D eigenvalue weighted by molar-refractivity contribution is 6.06. The predicted octanol–water partition coefficient (Wildman–Crippen LogP) is 2.27. The average Bonchev–Trinajstić information content (AvgIpc) is 3.14. The summed E-state index contributed by atoms with van der Waals surface area (Å²) in [5.41, 5.74) is 3.79. The fraction of sp³-hybridized carbons (Fsp3) is 0.188. The van der Waals surface area contributed by atoms with Gasteiger partial charge in [-0.25, -0.2) is 0 Å². The molecule has 2 heterocycles. The molecule has 1 amide bonds. The Morgan fingerprint density at radius 1 is 1.10 bits per heavy atom. The lowest BCUT2D eigenvalue weighted by molar-refractivity contribution is 0.102. The number of carbonyl (C=O) groups excluding carboxylic acids is 1. The van der Waals surface area contributed by atoms with Crippen LogP contribution in [-0.4, -0.2) is 12.7 Å². The van der Waals surface area contributed by atoms with Gasteiger partial charge in [-0.1, -0.05) is 12.1 Å². The fourth-order valence-electron chi connectivity index (χ4n) is 2.68. The smallest absolute Gasteiger partial charge is 0.259 e. The highest BCUT2D eigenvalue weighted by Gasteiger charge is 2.22. The molecule has 0 radical (unpaired) electrons. The monoisotopic (exact) mass is 282 g/mol. The number of rotatable bonds is 2. The Morgan fingerprint density at radius 2 is 2.00 bits per heavy atom. The number of para-hydroxylation sites is 1. The number of amides is 1. The first-order valence-corrected chi connectivity index (χ1v) is 6.84. The van der Waals surface area contributed by atoms with Crippen LogP contribution >= 0.6 is 0 Å². The molecule has 0 bridgehead atoms. The highest BCUT2D eigenvalue weighted by atomic mass is 16.7. The molecule has 0 aliphatic carbocycles. The summed E-state index contributed by atoms with van der Waals surface area (Å²) >= 11 is 0. The predicted molar refractivity (Wildman–Crippen MR) is 77.5 cm³/mol. The Kier molecular flexibility index (Phi) is 2.79. The Bertz CT molecular complexity index is 727. The van der Waals surface area contributed by atoms with Crippen LogP contribution in [0.1, 0.15) is 21.5 Å². The van der Waals surface area contributed by atoms with Crippen LogP contribution in [-0.2, 0) is 13.1 Å². The van der Waals surface area contributed by atoms with Crippen molar-refractivity contribution >= 4 is 11.6 Å². The van der Waals surface area contributed by atoms with Gasteiger partial charge in [0.2, 0.25) is 6.79 Å². The quantitative estimate of drug-likeness (QED) is 0.887. The van der Waals surface area contributed by atoms with Crippen molar-refractivity contribution < 1.29 is 14.3 Å². The Hall–Kier alpha value is -2.53. The molecule has 0 spiro atoms. The molecule has 4 rings (SSSR count). The van der Waals surface area contributed by atoms with E-state index in [9.17, 15) is 4.79 Å². The molecule has 21 heavy (non-hydrogen) atoms. The topological polar surface area (TPSA) is 59.6 Å². The minimum atomic E-state index is -0.191. The van der Waals surface area contributed by atoms with E-state index in [4.69, 9.17) is 9.47 Å². The van der Waals surface area contributed by atoms with Crippen molar-refractivity contribution in [3.63, 3.8) is 0 Å². The molecular weight excluding hydrogens is 268 g/mol. The molecule has 2 aromatic carbocycles. The maximum absolute atomic E-state index is 12.4. The van der Waals surface area contributed by atoms with E-state index in [2.05, 4.69) is 10.6 Å². The number of anilines is 1. The van der Waals surface area contributed by atoms with E-state index < -0.39 is 0 Å². The van der Waals surface area contributed by atoms with Crippen molar-refractivity contribution in [1.29, 1.82) is 0 Å². The molecule has 0 atom stereocenters. The normalized spacial score (nSPS) is 14.9. The Balaban J connectivity index is 1.60. The van der Waals surface area contributed by atoms with Gasteiger partial charge in [0, 0.05) is 18.8 Å². The van der Waals surface area contributed by atoms with Gasteiger partial charge in [-0.2, -0.15) is 0 Å². The number of carbonyl (C=O) groups is 1. The molecule has 2 aromatic rings. The third kappa shape index (κ3) is 2.11. The van der Waals surface area contributed by atoms with Gasteiger partial charge in [0.1, 0.15) is 0 Å². The fourth-order valence-corrected chi connectivity index (χ4v) is 2.68. The molecule has 0 saturated carbocycles. The summed E-state index contributed by atoms with van der Waals surface area (Å²) in [7, 11) is 0. The summed E-state index contributed by atoms with van der Waals surface area (Å²) in [5, 5.41) is 6.20. The Morgan fingerprint density at radius 3 is 2.95 bits per heavy atom. The summed E-state index contributed by atoms with van der Waals surface area (Å²) in [6, 6.07) is 11.3. The van der Waals surface area contributed by atoms with Crippen molar-refractivity contribution in [2.24, 2.45) is 0 Å². The van der Waals surface area contributed by atoms with Gasteiger partial charge < -0.3 is 20.1 Å². The van der Waals surface area contributed by atoms with Crippen LogP contribution in [0, 0.1) is 0 Å². The van der Waals surface area contributed by atoms with Crippen LogP contribution in [0.5, 0.6) is 11.5 Å². The van der Waals surface area contributed by atoms with Crippen LogP contribution < -0.4 is 20.1 Å². The number of fused-ring (bicyclic) bond motifs is 2. The lowest BCUT2D eigenvalue weighted by atomic mass is 10.1. The van der Waals surface area contributed by atoms with E-state index in [1.807, 2.05) is 18.2 Å². The maximum atomic E-state index is 12.4. The molecule has 0 aromatic heterocycles. The van der Waals surface area contributed by atoms with Gasteiger partial charge in [-0.05, 0) is 35.4 Å². The number of hydrogen-bond donors (Lipinski definition) is 2. The second-order valence-corrected chi connectivity index (χ2v) is 5.08. The number of nitrogens with one attached hydrogen (secondary N) is 2. The third-order valence-electron chi connectivity index (χ3n) is 3.74. The van der Waals surface area contributed by atoms with Crippen LogP contribution in [0.3, 0.4) is 0 Å². The van der Waals surface area contributed by atoms with Crippen molar-refractivity contribution in [2.45, 2.75) is 13.1 Å². The lowest BCUT2D eigenvalue weighted by Crippen LogP contribution is -2.13. The van der Waals surface area contributed by atoms with Crippen LogP contribution in [0.15, 0.2) is 36.4 Å². The summed E-state index contributed by atoms with van der Waals surface area (Å²) < 4.78 is 10.7. The van der Waals surface area contributed by atoms with E-state index in [1.165, 1.54) is 11.1 Å². The molecule has 2 aliphatic rings. The van der Waals surface area contributed by atoms with E-state index in [0.717, 1.165) is 18.8 Å². The molecular formula is C16H14N2O3. The summed E-state index contributed by atoms with van der Waals surface area (Å²) in [6.07, 6.45) is 0. The standard InChI is InChI=1S/C16H14N2O3/c19-16(13-2-1-3-14-15(13)21-9-20-14)18-12-5-4-10-7-17-8-11(10)6-12/h1-6,17H,7-9H2,(H,18,19). The zero-order valence-corrected chi connectivity index (χ0v) is 11.3. The van der Waals surface area contributed by atoms with Gasteiger partial charge in [0.05, 0.1) is 5.56 Å². The summed E-state index contributed by atoms with van der Waals surface area (Å²) in [4.78, 5) is 12.4. The molecule has 2 N–H and O–H groups in total. The van der Waals surface area contributed by atoms with E-state index in [0.29, 0.717) is 17.1 Å². The van der Waals surface area contributed by atoms with E-state index >= 15 is 0 Å². The lowest BCUT2D eigenvalue weighted by Gasteiger charge is -2.09. The second-order valence-electron chi connectivity index (χ2n) is 5.08. The Labute approximate surface area is 121 Å². The third-order valence-corrected chi connectivity index (χ3v) is 3.74. The first-order valence-electron chi connectivity index (χ1n) is 6.84. The molecule has 0 saturated heterocycles. The summed E-state index contributed by atoms with van der Waals surface area (Å²) in [5.74, 6) is 0.932. The van der Waals surface area contributed by atoms with Gasteiger partial charge in [0.15, 0.2) is 11.5 Å². The van der Waals surface area contributed by atoms with Gasteiger partial charge in [-0.3, -0.25) is 4.79 Å². The SMILES string of the molecule is O=C(Nc1ccc2c(c1)CNC2)c1cccc2c1OCO2. The molecule has 5 heteroatoms. The second kappa shape index (κ2) is 4.79. The van der Waals surface area contributed by atoms with Crippen molar-refractivity contribution in [1.82, 2.24) is 5.32 Å². The number of ether oxygens (including phenoxy) is 2.